The summed E-state index contributed by atoms with van der Waals surface area (Å²) in [5.41, 5.74) is 0.807. The van der Waals surface area contributed by atoms with Crippen LogP contribution in [-0.4, -0.2) is 22.5 Å². The van der Waals surface area contributed by atoms with Crippen LogP contribution < -0.4 is 0 Å². The normalized spacial score (nSPS) is 14.3. The van der Waals surface area contributed by atoms with E-state index in [4.69, 9.17) is 5.11 Å². The summed E-state index contributed by atoms with van der Waals surface area (Å²) < 4.78 is 4.69. The Morgan fingerprint density at radius 3 is 3.00 bits per heavy atom. The minimum atomic E-state index is -0.779. The van der Waals surface area contributed by atoms with Crippen molar-refractivity contribution >= 4 is 12.4 Å². The van der Waals surface area contributed by atoms with Crippen LogP contribution in [0.15, 0.2) is 22.6 Å². The van der Waals surface area contributed by atoms with Crippen molar-refractivity contribution in [1.29, 1.82) is 0 Å². The van der Waals surface area contributed by atoms with Crippen LogP contribution in [0.25, 0.3) is 6.08 Å². The van der Waals surface area contributed by atoms with Crippen molar-refractivity contribution in [2.75, 3.05) is 0 Å². The average Bonchev–Trinajstić information content (AvgIpc) is 2.51. The Labute approximate surface area is 69.5 Å². The standard InChI is InChI=1S/C8H9NO3/c1-6(11)7(3-10)2-8-4-12-5-9-8/h2-6,11H,1H3. The maximum Gasteiger partial charge on any atom is 0.181 e. The summed E-state index contributed by atoms with van der Waals surface area (Å²) in [6.45, 7) is 1.51. The minimum Gasteiger partial charge on any atom is -0.451 e. The van der Waals surface area contributed by atoms with Gasteiger partial charge in [-0.2, -0.15) is 0 Å². The maximum atomic E-state index is 10.4. The summed E-state index contributed by atoms with van der Waals surface area (Å²) in [7, 11) is 0. The molecule has 0 aliphatic heterocycles. The van der Waals surface area contributed by atoms with Gasteiger partial charge in [0, 0.05) is 5.57 Å². The fraction of sp³-hybridized carbons (Fsp3) is 0.250. The predicted octanol–water partition coefficient (Wildman–Crippen LogP) is 0.638. The van der Waals surface area contributed by atoms with Crippen molar-refractivity contribution in [2.45, 2.75) is 13.0 Å². The molecule has 1 N–H and O–H groups in total. The average molecular weight is 167 g/mol. The van der Waals surface area contributed by atoms with E-state index in [9.17, 15) is 4.79 Å². The van der Waals surface area contributed by atoms with E-state index in [1.165, 1.54) is 25.7 Å². The smallest absolute Gasteiger partial charge is 0.181 e. The fourth-order valence-corrected chi connectivity index (χ4v) is 0.717. The summed E-state index contributed by atoms with van der Waals surface area (Å²) in [6, 6.07) is 0. The molecule has 1 aromatic heterocycles. The second kappa shape index (κ2) is 3.82. The first kappa shape index (κ1) is 8.67. The molecule has 4 heteroatoms. The number of aldehydes is 1. The summed E-state index contributed by atoms with van der Waals surface area (Å²) in [4.78, 5) is 14.2. The molecule has 1 heterocycles. The second-order valence-electron chi connectivity index (χ2n) is 2.35. The molecule has 0 aliphatic carbocycles. The van der Waals surface area contributed by atoms with E-state index in [1.807, 2.05) is 0 Å². The Morgan fingerprint density at radius 1 is 1.83 bits per heavy atom. The molecular weight excluding hydrogens is 158 g/mol. The molecule has 4 nitrogen and oxygen atoms in total. The van der Waals surface area contributed by atoms with Crippen molar-refractivity contribution in [3.63, 3.8) is 0 Å². The molecular formula is C8H9NO3. The Balaban J connectivity index is 2.85. The van der Waals surface area contributed by atoms with Crippen molar-refractivity contribution in [3.05, 3.63) is 23.9 Å². The summed E-state index contributed by atoms with van der Waals surface area (Å²) in [5, 5.41) is 9.05. The fourth-order valence-electron chi connectivity index (χ4n) is 0.717. The molecule has 0 saturated heterocycles. The van der Waals surface area contributed by atoms with Crippen LogP contribution in [0.3, 0.4) is 0 Å². The minimum absolute atomic E-state index is 0.281. The molecule has 1 aromatic rings. The lowest BCUT2D eigenvalue weighted by molar-refractivity contribution is -0.105. The molecule has 0 aromatic carbocycles. The highest BCUT2D eigenvalue weighted by atomic mass is 16.3. The molecule has 0 bridgehead atoms. The summed E-state index contributed by atoms with van der Waals surface area (Å²) in [5.74, 6) is 0. The van der Waals surface area contributed by atoms with Gasteiger partial charge in [-0.3, -0.25) is 4.79 Å². The first-order valence-corrected chi connectivity index (χ1v) is 3.47. The molecule has 1 atom stereocenters. The highest BCUT2D eigenvalue weighted by molar-refractivity contribution is 5.82. The number of nitrogens with zero attached hydrogens (tertiary/aromatic N) is 1. The number of hydrogen-bond acceptors (Lipinski definition) is 4. The van der Waals surface area contributed by atoms with Crippen LogP contribution in [0.2, 0.25) is 0 Å². The number of hydrogen-bond donors (Lipinski definition) is 1. The Morgan fingerprint density at radius 2 is 2.58 bits per heavy atom. The van der Waals surface area contributed by atoms with E-state index in [-0.39, 0.29) is 5.57 Å². The number of aromatic nitrogens is 1. The van der Waals surface area contributed by atoms with Gasteiger partial charge in [0.25, 0.3) is 0 Å². The predicted molar refractivity (Wildman–Crippen MR) is 42.2 cm³/mol. The van der Waals surface area contributed by atoms with Crippen molar-refractivity contribution < 1.29 is 14.3 Å². The molecule has 1 rings (SSSR count). The lowest BCUT2D eigenvalue weighted by atomic mass is 10.1. The number of oxazole rings is 1. The van der Waals surface area contributed by atoms with Gasteiger partial charge in [-0.15, -0.1) is 0 Å². The molecule has 0 saturated carbocycles. The summed E-state index contributed by atoms with van der Waals surface area (Å²) in [6.07, 6.45) is 3.95. The Bertz CT molecular complexity index is 275. The molecule has 0 spiro atoms. The second-order valence-corrected chi connectivity index (χ2v) is 2.35. The SMILES string of the molecule is CC(O)C(C=O)=Cc1cocn1. The Hall–Kier alpha value is -1.42. The van der Waals surface area contributed by atoms with Gasteiger partial charge >= 0.3 is 0 Å². The number of aliphatic hydroxyl groups is 1. The molecule has 0 radical (unpaired) electrons. The van der Waals surface area contributed by atoms with Gasteiger partial charge in [-0.1, -0.05) is 0 Å². The number of aliphatic hydroxyl groups excluding tert-OH is 1. The van der Waals surface area contributed by atoms with Crippen molar-refractivity contribution in [3.8, 4) is 0 Å². The van der Waals surface area contributed by atoms with Gasteiger partial charge in [-0.05, 0) is 13.0 Å². The topological polar surface area (TPSA) is 63.3 Å². The highest BCUT2D eigenvalue weighted by Gasteiger charge is 2.03. The lowest BCUT2D eigenvalue weighted by Crippen LogP contribution is -2.05. The first-order chi connectivity index (χ1) is 5.74. The van der Waals surface area contributed by atoms with Crippen LogP contribution in [0.1, 0.15) is 12.6 Å². The summed E-state index contributed by atoms with van der Waals surface area (Å²) >= 11 is 0. The largest absolute Gasteiger partial charge is 0.451 e. The third-order valence-corrected chi connectivity index (χ3v) is 1.38. The molecule has 64 valence electrons. The third-order valence-electron chi connectivity index (χ3n) is 1.38. The molecule has 1 unspecified atom stereocenters. The van der Waals surface area contributed by atoms with Crippen molar-refractivity contribution in [1.82, 2.24) is 4.98 Å². The monoisotopic (exact) mass is 167 g/mol. The molecule has 0 fully saturated rings. The third kappa shape index (κ3) is 2.03. The van der Waals surface area contributed by atoms with Gasteiger partial charge in [0.1, 0.15) is 18.2 Å². The van der Waals surface area contributed by atoms with E-state index in [1.54, 1.807) is 0 Å². The highest BCUT2D eigenvalue weighted by Crippen LogP contribution is 2.05. The zero-order valence-electron chi connectivity index (χ0n) is 6.60. The van der Waals surface area contributed by atoms with E-state index >= 15 is 0 Å². The quantitative estimate of drug-likeness (QED) is 0.530. The van der Waals surface area contributed by atoms with E-state index < -0.39 is 6.10 Å². The van der Waals surface area contributed by atoms with E-state index in [0.29, 0.717) is 12.0 Å². The molecule has 0 aliphatic rings. The maximum absolute atomic E-state index is 10.4. The lowest BCUT2D eigenvalue weighted by Gasteiger charge is -1.99. The van der Waals surface area contributed by atoms with Crippen LogP contribution in [0.4, 0.5) is 0 Å². The first-order valence-electron chi connectivity index (χ1n) is 3.47. The van der Waals surface area contributed by atoms with Gasteiger partial charge in [-0.25, -0.2) is 4.98 Å². The van der Waals surface area contributed by atoms with Crippen LogP contribution >= 0.6 is 0 Å². The molecule has 12 heavy (non-hydrogen) atoms. The zero-order valence-corrected chi connectivity index (χ0v) is 6.60. The number of rotatable bonds is 3. The van der Waals surface area contributed by atoms with Gasteiger partial charge in [0.05, 0.1) is 6.10 Å². The van der Waals surface area contributed by atoms with E-state index in [2.05, 4.69) is 9.40 Å². The molecule has 0 amide bonds. The number of carbonyl (C=O) groups excluding carboxylic acids is 1. The number of carbonyl (C=O) groups is 1. The van der Waals surface area contributed by atoms with E-state index in [0.717, 1.165) is 0 Å². The van der Waals surface area contributed by atoms with Gasteiger partial charge in [0.15, 0.2) is 6.39 Å². The van der Waals surface area contributed by atoms with Crippen LogP contribution in [-0.2, 0) is 4.79 Å². The Kier molecular flexibility index (Phi) is 2.76. The van der Waals surface area contributed by atoms with Crippen LogP contribution in [0.5, 0.6) is 0 Å². The van der Waals surface area contributed by atoms with Crippen LogP contribution in [0, 0.1) is 0 Å². The van der Waals surface area contributed by atoms with Crippen molar-refractivity contribution in [2.24, 2.45) is 0 Å². The zero-order chi connectivity index (χ0) is 8.97. The van der Waals surface area contributed by atoms with Gasteiger partial charge in [0.2, 0.25) is 0 Å². The van der Waals surface area contributed by atoms with Gasteiger partial charge < -0.3 is 9.52 Å².